The minimum Gasteiger partial charge on any atom is -0.475 e. The molecule has 1 aliphatic heterocycles. The minimum atomic E-state index is -5.08. The molecule has 0 atom stereocenters. The molecule has 0 bridgehead atoms. The zero-order valence-corrected chi connectivity index (χ0v) is 16.8. The van der Waals surface area contributed by atoms with Crippen LogP contribution in [0.25, 0.3) is 11.2 Å². The number of hydrogen-bond donors (Lipinski definition) is 2. The molecule has 3 heterocycles. The number of aromatic nitrogens is 4. The number of alkyl halides is 3. The molecule has 0 saturated carbocycles. The third-order valence-corrected chi connectivity index (χ3v) is 4.35. The van der Waals surface area contributed by atoms with Crippen molar-refractivity contribution < 1.29 is 23.1 Å². The third-order valence-electron chi connectivity index (χ3n) is 4.35. The van der Waals surface area contributed by atoms with Crippen LogP contribution in [0.15, 0.2) is 4.79 Å². The Morgan fingerprint density at radius 3 is 2.42 bits per heavy atom. The molecule has 1 aliphatic rings. The van der Waals surface area contributed by atoms with Crippen molar-refractivity contribution in [3.63, 3.8) is 0 Å². The number of hydrogen-bond acceptors (Lipinski definition) is 7. The highest BCUT2D eigenvalue weighted by molar-refractivity contribution is 5.74. The first-order valence-corrected chi connectivity index (χ1v) is 9.10. The van der Waals surface area contributed by atoms with Gasteiger partial charge in [-0.1, -0.05) is 5.92 Å². The Hall–Kier alpha value is -3.58. The molecule has 2 N–H and O–H groups in total. The van der Waals surface area contributed by atoms with Crippen LogP contribution in [0.3, 0.4) is 0 Å². The Morgan fingerprint density at radius 1 is 1.29 bits per heavy atom. The average molecular weight is 439 g/mol. The number of nitrogens with zero attached hydrogens (tertiary/aromatic N) is 6. The molecule has 0 radical (unpaired) electrons. The molecule has 2 aromatic rings. The van der Waals surface area contributed by atoms with Crippen molar-refractivity contribution in [2.24, 2.45) is 7.05 Å². The van der Waals surface area contributed by atoms with Gasteiger partial charge in [0, 0.05) is 33.2 Å². The van der Waals surface area contributed by atoms with Gasteiger partial charge in [-0.25, -0.2) is 9.78 Å². The molecule has 0 aromatic carbocycles. The van der Waals surface area contributed by atoms with Crippen LogP contribution in [-0.2, 0) is 24.8 Å². The molecule has 0 amide bonds. The zero-order chi connectivity index (χ0) is 23.2. The topological polar surface area (TPSA) is 129 Å². The quantitative estimate of drug-likeness (QED) is 0.652. The third kappa shape index (κ3) is 5.52. The monoisotopic (exact) mass is 439 g/mol. The lowest BCUT2D eigenvalue weighted by atomic mass is 10.4. The number of aliphatic carboxylic acids is 1. The van der Waals surface area contributed by atoms with Crippen molar-refractivity contribution in [3.8, 4) is 17.9 Å². The number of imidazole rings is 1. The van der Waals surface area contributed by atoms with Crippen molar-refractivity contribution in [2.45, 2.75) is 26.1 Å². The number of anilines is 1. The maximum atomic E-state index is 12.8. The fourth-order valence-corrected chi connectivity index (χ4v) is 2.83. The van der Waals surface area contributed by atoms with Gasteiger partial charge in [-0.05, 0) is 6.92 Å². The summed E-state index contributed by atoms with van der Waals surface area (Å²) in [7, 11) is 1.63. The summed E-state index contributed by atoms with van der Waals surface area (Å²) in [6.45, 7) is 5.52. The Bertz CT molecular complexity index is 1110. The minimum absolute atomic E-state index is 0.0757. The van der Waals surface area contributed by atoms with E-state index < -0.39 is 12.1 Å². The van der Waals surface area contributed by atoms with E-state index in [4.69, 9.17) is 15.2 Å². The van der Waals surface area contributed by atoms with Gasteiger partial charge in [0.05, 0.1) is 19.0 Å². The van der Waals surface area contributed by atoms with Crippen molar-refractivity contribution in [2.75, 3.05) is 31.1 Å². The Kier molecular flexibility index (Phi) is 7.61. The van der Waals surface area contributed by atoms with Crippen molar-refractivity contribution in [3.05, 3.63) is 16.2 Å². The lowest BCUT2D eigenvalue weighted by Crippen LogP contribution is -2.44. The van der Waals surface area contributed by atoms with E-state index in [9.17, 15) is 18.0 Å². The molecule has 10 nitrogen and oxygen atoms in total. The number of nitriles is 1. The van der Waals surface area contributed by atoms with Crippen LogP contribution in [0.2, 0.25) is 0 Å². The second kappa shape index (κ2) is 9.95. The summed E-state index contributed by atoms with van der Waals surface area (Å²) in [5, 5.41) is 19.4. The molecule has 0 aliphatic carbocycles. The van der Waals surface area contributed by atoms with E-state index in [0.717, 1.165) is 26.2 Å². The van der Waals surface area contributed by atoms with Crippen LogP contribution >= 0.6 is 0 Å². The Morgan fingerprint density at radius 2 is 1.90 bits per heavy atom. The largest absolute Gasteiger partial charge is 0.490 e. The van der Waals surface area contributed by atoms with Crippen molar-refractivity contribution in [1.29, 1.82) is 5.26 Å². The van der Waals surface area contributed by atoms with E-state index in [1.165, 1.54) is 4.57 Å². The van der Waals surface area contributed by atoms with Gasteiger partial charge in [-0.3, -0.25) is 13.9 Å². The van der Waals surface area contributed by atoms with E-state index in [1.807, 2.05) is 10.6 Å². The summed E-state index contributed by atoms with van der Waals surface area (Å²) < 4.78 is 35.0. The first-order valence-electron chi connectivity index (χ1n) is 9.10. The van der Waals surface area contributed by atoms with Gasteiger partial charge in [0.25, 0.3) is 5.56 Å². The van der Waals surface area contributed by atoms with Gasteiger partial charge in [-0.2, -0.15) is 23.4 Å². The Balaban J connectivity index is 0.000000423. The number of halogens is 3. The molecule has 1 fully saturated rings. The van der Waals surface area contributed by atoms with Crippen LogP contribution in [0, 0.1) is 23.2 Å². The number of nitrogens with one attached hydrogen (secondary N) is 1. The molecule has 166 valence electrons. The van der Waals surface area contributed by atoms with E-state index in [-0.39, 0.29) is 12.0 Å². The second-order valence-corrected chi connectivity index (χ2v) is 6.36. The molecule has 1 saturated heterocycles. The van der Waals surface area contributed by atoms with Gasteiger partial charge in [0.2, 0.25) is 5.95 Å². The van der Waals surface area contributed by atoms with Gasteiger partial charge in [0.1, 0.15) is 5.82 Å². The van der Waals surface area contributed by atoms with Crippen LogP contribution in [-0.4, -0.2) is 62.5 Å². The number of carboxylic acids is 1. The van der Waals surface area contributed by atoms with Gasteiger partial charge >= 0.3 is 12.1 Å². The summed E-state index contributed by atoms with van der Waals surface area (Å²) >= 11 is 0. The lowest BCUT2D eigenvalue weighted by Gasteiger charge is -2.28. The lowest BCUT2D eigenvalue weighted by molar-refractivity contribution is -0.192. The Labute approximate surface area is 174 Å². The van der Waals surface area contributed by atoms with E-state index in [0.29, 0.717) is 29.5 Å². The number of carboxylic acid groups (broad SMARTS) is 1. The smallest absolute Gasteiger partial charge is 0.475 e. The molecule has 31 heavy (non-hydrogen) atoms. The highest BCUT2D eigenvalue weighted by Crippen LogP contribution is 2.20. The molecule has 0 unspecified atom stereocenters. The second-order valence-electron chi connectivity index (χ2n) is 6.36. The SMILES string of the molecule is CC#CCn1c(N2CCNCC2)nc2nc(CC#N)n(C)c(=O)c21.O=C(O)C(F)(F)F. The normalized spacial score (nSPS) is 13.6. The van der Waals surface area contributed by atoms with E-state index >= 15 is 0 Å². The van der Waals surface area contributed by atoms with E-state index in [2.05, 4.69) is 32.0 Å². The maximum absolute atomic E-state index is 12.8. The van der Waals surface area contributed by atoms with Crippen LogP contribution in [0.4, 0.5) is 19.1 Å². The number of fused-ring (bicyclic) bond motifs is 1. The maximum Gasteiger partial charge on any atom is 0.490 e. The van der Waals surface area contributed by atoms with Crippen LogP contribution < -0.4 is 15.8 Å². The number of piperazine rings is 1. The number of carbonyl (C=O) groups is 1. The van der Waals surface area contributed by atoms with Gasteiger partial charge in [0.15, 0.2) is 11.2 Å². The first-order chi connectivity index (χ1) is 14.6. The standard InChI is InChI=1S/C16H19N7O.C2HF3O2/c1-3-4-9-23-13-14(19-12(5-6-17)21(2)15(13)24)20-16(23)22-10-7-18-8-11-22;3-2(4,5)1(6)7/h18H,5,7-11H2,1-2H3;(H,6,7). The summed E-state index contributed by atoms with van der Waals surface area (Å²) in [6, 6.07) is 2.04. The van der Waals surface area contributed by atoms with Gasteiger partial charge < -0.3 is 15.3 Å². The molecular formula is C18H20F3N7O3. The molecular weight excluding hydrogens is 419 g/mol. The first kappa shape index (κ1) is 23.7. The van der Waals surface area contributed by atoms with E-state index in [1.54, 1.807) is 14.0 Å². The highest BCUT2D eigenvalue weighted by Gasteiger charge is 2.38. The van der Waals surface area contributed by atoms with Crippen molar-refractivity contribution >= 4 is 23.1 Å². The predicted octanol–water partition coefficient (Wildman–Crippen LogP) is 0.262. The van der Waals surface area contributed by atoms with Gasteiger partial charge in [-0.15, -0.1) is 5.92 Å². The molecule has 0 spiro atoms. The number of rotatable bonds is 3. The average Bonchev–Trinajstić information content (AvgIpc) is 3.09. The molecule has 3 rings (SSSR count). The highest BCUT2D eigenvalue weighted by atomic mass is 19.4. The molecule has 13 heteroatoms. The summed E-state index contributed by atoms with van der Waals surface area (Å²) in [6.07, 6.45) is -5.01. The van der Waals surface area contributed by atoms with Crippen molar-refractivity contribution in [1.82, 2.24) is 24.4 Å². The predicted molar refractivity (Wildman–Crippen MR) is 104 cm³/mol. The van der Waals surface area contributed by atoms with Crippen LogP contribution in [0.1, 0.15) is 12.7 Å². The van der Waals surface area contributed by atoms with Crippen LogP contribution in [0.5, 0.6) is 0 Å². The fourth-order valence-electron chi connectivity index (χ4n) is 2.83. The molecule has 2 aromatic heterocycles. The summed E-state index contributed by atoms with van der Waals surface area (Å²) in [4.78, 5) is 32.8. The summed E-state index contributed by atoms with van der Waals surface area (Å²) in [5.41, 5.74) is 0.627. The fraction of sp³-hybridized carbons (Fsp3) is 0.500. The summed E-state index contributed by atoms with van der Waals surface area (Å²) in [5.74, 6) is 4.26. The zero-order valence-electron chi connectivity index (χ0n) is 16.8.